The summed E-state index contributed by atoms with van der Waals surface area (Å²) in [6.07, 6.45) is 1.38. The maximum Gasteiger partial charge on any atom is 0.335 e. The normalized spacial score (nSPS) is 14.6. The van der Waals surface area contributed by atoms with Crippen LogP contribution >= 0.6 is 11.6 Å². The summed E-state index contributed by atoms with van der Waals surface area (Å²) in [5, 5.41) is 5.40. The molecule has 8 nitrogen and oxygen atoms in total. The van der Waals surface area contributed by atoms with E-state index in [2.05, 4.69) is 10.6 Å². The fourth-order valence-corrected chi connectivity index (χ4v) is 3.48. The number of para-hydroxylation sites is 1. The molecule has 3 aromatic rings. The van der Waals surface area contributed by atoms with Gasteiger partial charge in [-0.15, -0.1) is 0 Å². The average Bonchev–Trinajstić information content (AvgIpc) is 2.84. The van der Waals surface area contributed by atoms with E-state index in [0.29, 0.717) is 22.0 Å². The minimum absolute atomic E-state index is 0.187. The molecule has 35 heavy (non-hydrogen) atoms. The van der Waals surface area contributed by atoms with Crippen molar-refractivity contribution < 1.29 is 23.9 Å². The molecular formula is C26H20ClN3O5. The van der Waals surface area contributed by atoms with Crippen LogP contribution in [0.1, 0.15) is 11.1 Å². The lowest BCUT2D eigenvalue weighted by atomic mass is 10.1. The maximum absolute atomic E-state index is 12.9. The Hall–Kier alpha value is -4.43. The molecule has 0 atom stereocenters. The number of nitrogens with one attached hydrogen (secondary N) is 2. The molecule has 0 bridgehead atoms. The van der Waals surface area contributed by atoms with E-state index in [1.54, 1.807) is 30.3 Å². The largest absolute Gasteiger partial charge is 0.484 e. The number of benzene rings is 3. The molecule has 3 aromatic carbocycles. The molecule has 9 heteroatoms. The van der Waals surface area contributed by atoms with Gasteiger partial charge in [-0.05, 0) is 66.6 Å². The number of amides is 5. The van der Waals surface area contributed by atoms with E-state index in [0.717, 1.165) is 10.5 Å². The molecule has 0 unspecified atom stereocenters. The summed E-state index contributed by atoms with van der Waals surface area (Å²) in [6, 6.07) is 19.2. The highest BCUT2D eigenvalue weighted by atomic mass is 35.5. The van der Waals surface area contributed by atoms with Gasteiger partial charge in [0.2, 0.25) is 0 Å². The van der Waals surface area contributed by atoms with Crippen LogP contribution in [0.4, 0.5) is 16.2 Å². The first-order valence-corrected chi connectivity index (χ1v) is 10.9. The Morgan fingerprint density at radius 1 is 1.00 bits per heavy atom. The van der Waals surface area contributed by atoms with Crippen molar-refractivity contribution >= 4 is 52.8 Å². The predicted octanol–water partition coefficient (Wildman–Crippen LogP) is 4.33. The van der Waals surface area contributed by atoms with Crippen molar-refractivity contribution in [2.24, 2.45) is 0 Å². The Bertz CT molecular complexity index is 1330. The van der Waals surface area contributed by atoms with E-state index in [1.165, 1.54) is 30.3 Å². The van der Waals surface area contributed by atoms with E-state index in [-0.39, 0.29) is 23.8 Å². The maximum atomic E-state index is 12.9. The van der Waals surface area contributed by atoms with E-state index in [1.807, 2.05) is 25.1 Å². The summed E-state index contributed by atoms with van der Waals surface area (Å²) in [6.45, 7) is 1.71. The molecule has 0 radical (unpaired) electrons. The molecule has 4 rings (SSSR count). The van der Waals surface area contributed by atoms with Crippen LogP contribution in [0.5, 0.6) is 5.75 Å². The Morgan fingerprint density at radius 3 is 2.37 bits per heavy atom. The molecule has 0 spiro atoms. The number of aryl methyl sites for hydroxylation is 1. The van der Waals surface area contributed by atoms with Crippen molar-refractivity contribution in [3.8, 4) is 5.75 Å². The second-order valence-corrected chi connectivity index (χ2v) is 8.09. The topological polar surface area (TPSA) is 105 Å². The standard InChI is InChI=1S/C26H20ClN3O5/c1-16-4-2-3-5-22(16)28-23(31)15-35-20-12-6-17(7-13-20)14-21-24(32)29-26(34)30(25(21)33)19-10-8-18(27)9-11-19/h2-14H,15H2,1H3,(H,28,31)(H,29,32,34)/b21-14-. The van der Waals surface area contributed by atoms with Crippen LogP contribution in [0.3, 0.4) is 0 Å². The van der Waals surface area contributed by atoms with Crippen molar-refractivity contribution in [1.82, 2.24) is 5.32 Å². The van der Waals surface area contributed by atoms with Crippen LogP contribution in [0.25, 0.3) is 6.08 Å². The number of carbonyl (C=O) groups excluding carboxylic acids is 4. The number of ether oxygens (including phenoxy) is 1. The summed E-state index contributed by atoms with van der Waals surface area (Å²) in [4.78, 5) is 50.6. The lowest BCUT2D eigenvalue weighted by Crippen LogP contribution is -2.54. The van der Waals surface area contributed by atoms with Crippen molar-refractivity contribution in [2.45, 2.75) is 6.92 Å². The fourth-order valence-electron chi connectivity index (χ4n) is 3.36. The lowest BCUT2D eigenvalue weighted by Gasteiger charge is -2.26. The number of halogens is 1. The van der Waals surface area contributed by atoms with Gasteiger partial charge >= 0.3 is 6.03 Å². The van der Waals surface area contributed by atoms with E-state index in [4.69, 9.17) is 16.3 Å². The monoisotopic (exact) mass is 489 g/mol. The van der Waals surface area contributed by atoms with E-state index < -0.39 is 17.8 Å². The number of urea groups is 1. The smallest absolute Gasteiger partial charge is 0.335 e. The van der Waals surface area contributed by atoms with Crippen molar-refractivity contribution in [1.29, 1.82) is 0 Å². The second kappa shape index (κ2) is 10.2. The number of carbonyl (C=O) groups is 4. The van der Waals surface area contributed by atoms with Gasteiger partial charge in [0.1, 0.15) is 11.3 Å². The SMILES string of the molecule is Cc1ccccc1NC(=O)COc1ccc(/C=C2/C(=O)NC(=O)N(c3ccc(Cl)cc3)C2=O)cc1. The second-order valence-electron chi connectivity index (χ2n) is 7.66. The number of rotatable bonds is 6. The van der Waals surface area contributed by atoms with Crippen molar-refractivity contribution in [3.05, 3.63) is 94.5 Å². The van der Waals surface area contributed by atoms with Gasteiger partial charge in [0, 0.05) is 10.7 Å². The Balaban J connectivity index is 1.43. The third-order valence-corrected chi connectivity index (χ3v) is 5.42. The number of imide groups is 2. The highest BCUT2D eigenvalue weighted by Crippen LogP contribution is 2.24. The fraction of sp³-hybridized carbons (Fsp3) is 0.0769. The molecule has 176 valence electrons. The minimum Gasteiger partial charge on any atom is -0.484 e. The molecule has 0 saturated carbocycles. The zero-order chi connectivity index (χ0) is 24.9. The summed E-state index contributed by atoms with van der Waals surface area (Å²) in [5.41, 5.74) is 2.26. The van der Waals surface area contributed by atoms with Gasteiger partial charge in [-0.25, -0.2) is 9.69 Å². The van der Waals surface area contributed by atoms with Crippen LogP contribution in [0, 0.1) is 6.92 Å². The Morgan fingerprint density at radius 2 is 1.69 bits per heavy atom. The van der Waals surface area contributed by atoms with Gasteiger partial charge in [-0.3, -0.25) is 19.7 Å². The number of hydrogen-bond acceptors (Lipinski definition) is 5. The van der Waals surface area contributed by atoms with Crippen LogP contribution in [-0.2, 0) is 14.4 Å². The number of hydrogen-bond donors (Lipinski definition) is 2. The highest BCUT2D eigenvalue weighted by molar-refractivity contribution is 6.39. The number of anilines is 2. The van der Waals surface area contributed by atoms with Crippen LogP contribution in [0.15, 0.2) is 78.4 Å². The molecule has 1 saturated heterocycles. The minimum atomic E-state index is -0.841. The lowest BCUT2D eigenvalue weighted by molar-refractivity contribution is -0.122. The Labute approximate surface area is 206 Å². The number of nitrogens with zero attached hydrogens (tertiary/aromatic N) is 1. The third kappa shape index (κ3) is 5.56. The molecular weight excluding hydrogens is 470 g/mol. The first-order chi connectivity index (χ1) is 16.8. The number of barbiturate groups is 1. The summed E-state index contributed by atoms with van der Waals surface area (Å²) in [7, 11) is 0. The molecule has 5 amide bonds. The van der Waals surface area contributed by atoms with Gasteiger partial charge in [0.05, 0.1) is 5.69 Å². The van der Waals surface area contributed by atoms with Crippen molar-refractivity contribution in [2.75, 3.05) is 16.8 Å². The molecule has 2 N–H and O–H groups in total. The molecule has 1 aliphatic heterocycles. The zero-order valence-electron chi connectivity index (χ0n) is 18.6. The summed E-state index contributed by atoms with van der Waals surface area (Å²) < 4.78 is 5.52. The predicted molar refractivity (Wildman–Crippen MR) is 132 cm³/mol. The van der Waals surface area contributed by atoms with Gasteiger partial charge in [0.25, 0.3) is 17.7 Å². The molecule has 1 aliphatic rings. The molecule has 0 aromatic heterocycles. The third-order valence-electron chi connectivity index (χ3n) is 5.17. The van der Waals surface area contributed by atoms with Crippen molar-refractivity contribution in [3.63, 3.8) is 0 Å². The van der Waals surface area contributed by atoms with E-state index >= 15 is 0 Å². The molecule has 1 heterocycles. The highest BCUT2D eigenvalue weighted by Gasteiger charge is 2.36. The average molecular weight is 490 g/mol. The van der Waals surface area contributed by atoms with Gasteiger partial charge in [-0.1, -0.05) is 41.9 Å². The molecule has 1 fully saturated rings. The zero-order valence-corrected chi connectivity index (χ0v) is 19.3. The first-order valence-electron chi connectivity index (χ1n) is 10.6. The Kier molecular flexibility index (Phi) is 6.93. The van der Waals surface area contributed by atoms with E-state index in [9.17, 15) is 19.2 Å². The van der Waals surface area contributed by atoms with Gasteiger partial charge in [-0.2, -0.15) is 0 Å². The molecule has 0 aliphatic carbocycles. The van der Waals surface area contributed by atoms with Crippen LogP contribution < -0.4 is 20.3 Å². The van der Waals surface area contributed by atoms with Crippen LogP contribution in [0.2, 0.25) is 5.02 Å². The summed E-state index contributed by atoms with van der Waals surface area (Å²) in [5.74, 6) is -1.42. The van der Waals surface area contributed by atoms with Gasteiger partial charge < -0.3 is 10.1 Å². The quantitative estimate of drug-likeness (QED) is 0.396. The summed E-state index contributed by atoms with van der Waals surface area (Å²) >= 11 is 5.88. The van der Waals surface area contributed by atoms with Crippen LogP contribution in [-0.4, -0.2) is 30.4 Å². The van der Waals surface area contributed by atoms with Gasteiger partial charge in [0.15, 0.2) is 6.61 Å². The first kappa shape index (κ1) is 23.7.